The van der Waals surface area contributed by atoms with E-state index in [4.69, 9.17) is 34.8 Å². The van der Waals surface area contributed by atoms with Crippen molar-refractivity contribution in [2.75, 3.05) is 0 Å². The first-order chi connectivity index (χ1) is 4.70. The maximum atomic E-state index is 5.95. The number of alkyl halides is 3. The van der Waals surface area contributed by atoms with Gasteiger partial charge in [0.05, 0.1) is 5.38 Å². The standard InChI is InChI=1S/C7H11Cl3/c8-5-2-1-3-6(9)7(10)4-5/h5-7H,1-4H2. The Kier molecular flexibility index (Phi) is 3.62. The summed E-state index contributed by atoms with van der Waals surface area (Å²) in [5.74, 6) is 0. The van der Waals surface area contributed by atoms with E-state index in [1.165, 1.54) is 0 Å². The summed E-state index contributed by atoms with van der Waals surface area (Å²) in [5, 5.41) is 0.448. The Morgan fingerprint density at radius 2 is 1.60 bits per heavy atom. The Hall–Kier alpha value is 0.870. The highest BCUT2D eigenvalue weighted by Gasteiger charge is 2.23. The third kappa shape index (κ3) is 2.48. The molecule has 1 aliphatic carbocycles. The normalized spacial score (nSPS) is 42.9. The van der Waals surface area contributed by atoms with Gasteiger partial charge in [-0.1, -0.05) is 6.42 Å². The molecule has 0 aromatic carbocycles. The van der Waals surface area contributed by atoms with E-state index in [0.717, 1.165) is 25.7 Å². The lowest BCUT2D eigenvalue weighted by atomic mass is 10.2. The summed E-state index contributed by atoms with van der Waals surface area (Å²) in [7, 11) is 0. The zero-order valence-electron chi connectivity index (χ0n) is 5.69. The molecule has 3 unspecified atom stereocenters. The molecule has 0 nitrogen and oxygen atoms in total. The van der Waals surface area contributed by atoms with Gasteiger partial charge in [0, 0.05) is 10.8 Å². The van der Waals surface area contributed by atoms with Crippen molar-refractivity contribution in [3.63, 3.8) is 0 Å². The molecule has 1 saturated carbocycles. The van der Waals surface area contributed by atoms with Gasteiger partial charge >= 0.3 is 0 Å². The Balaban J connectivity index is 2.41. The third-order valence-corrected chi connectivity index (χ3v) is 3.40. The molecule has 0 aromatic rings. The van der Waals surface area contributed by atoms with Gasteiger partial charge in [-0.25, -0.2) is 0 Å². The monoisotopic (exact) mass is 200 g/mol. The molecular formula is C7H11Cl3. The van der Waals surface area contributed by atoms with E-state index in [-0.39, 0.29) is 16.1 Å². The molecule has 0 aromatic heterocycles. The van der Waals surface area contributed by atoms with E-state index in [1.807, 2.05) is 0 Å². The average molecular weight is 202 g/mol. The highest BCUT2D eigenvalue weighted by atomic mass is 35.5. The van der Waals surface area contributed by atoms with Gasteiger partial charge in [0.2, 0.25) is 0 Å². The summed E-state index contributed by atoms with van der Waals surface area (Å²) in [4.78, 5) is 0. The van der Waals surface area contributed by atoms with Gasteiger partial charge in [0.15, 0.2) is 0 Å². The molecule has 0 heterocycles. The van der Waals surface area contributed by atoms with Gasteiger partial charge in [-0.05, 0) is 19.3 Å². The average Bonchev–Trinajstić information content (AvgIpc) is 1.96. The van der Waals surface area contributed by atoms with Crippen molar-refractivity contribution < 1.29 is 0 Å². The molecule has 1 aliphatic rings. The molecule has 0 N–H and O–H groups in total. The van der Waals surface area contributed by atoms with Crippen LogP contribution in [0.1, 0.15) is 25.7 Å². The molecular weight excluding hydrogens is 190 g/mol. The maximum absolute atomic E-state index is 5.95. The highest BCUT2D eigenvalue weighted by molar-refractivity contribution is 6.30. The first-order valence-corrected chi connectivity index (χ1v) is 4.93. The molecule has 0 radical (unpaired) electrons. The fraction of sp³-hybridized carbons (Fsp3) is 1.00. The molecule has 1 rings (SSSR count). The zero-order valence-corrected chi connectivity index (χ0v) is 7.96. The van der Waals surface area contributed by atoms with E-state index in [9.17, 15) is 0 Å². The van der Waals surface area contributed by atoms with Crippen LogP contribution in [0.5, 0.6) is 0 Å². The zero-order chi connectivity index (χ0) is 7.56. The minimum absolute atomic E-state index is 0.0756. The van der Waals surface area contributed by atoms with Crippen molar-refractivity contribution in [2.24, 2.45) is 0 Å². The highest BCUT2D eigenvalue weighted by Crippen LogP contribution is 2.28. The Labute approximate surface area is 76.8 Å². The Morgan fingerprint density at radius 1 is 0.900 bits per heavy atom. The molecule has 0 saturated heterocycles. The second kappa shape index (κ2) is 4.04. The summed E-state index contributed by atoms with van der Waals surface area (Å²) in [6.45, 7) is 0. The van der Waals surface area contributed by atoms with Crippen molar-refractivity contribution in [3.8, 4) is 0 Å². The number of halogens is 3. The smallest absolute Gasteiger partial charge is 0.0513 e. The van der Waals surface area contributed by atoms with Crippen molar-refractivity contribution in [1.29, 1.82) is 0 Å². The molecule has 0 aliphatic heterocycles. The maximum Gasteiger partial charge on any atom is 0.0513 e. The van der Waals surface area contributed by atoms with Crippen LogP contribution >= 0.6 is 34.8 Å². The van der Waals surface area contributed by atoms with Crippen LogP contribution in [0, 0.1) is 0 Å². The van der Waals surface area contributed by atoms with Crippen LogP contribution < -0.4 is 0 Å². The molecule has 60 valence electrons. The van der Waals surface area contributed by atoms with E-state index in [2.05, 4.69) is 0 Å². The molecule has 0 bridgehead atoms. The van der Waals surface area contributed by atoms with Gasteiger partial charge in [-0.15, -0.1) is 34.8 Å². The lowest BCUT2D eigenvalue weighted by Gasteiger charge is -2.11. The molecule has 10 heavy (non-hydrogen) atoms. The van der Waals surface area contributed by atoms with Crippen molar-refractivity contribution in [3.05, 3.63) is 0 Å². The summed E-state index contributed by atoms with van der Waals surface area (Å²) in [6, 6.07) is 0. The SMILES string of the molecule is ClC1CCCC(Cl)C(Cl)C1. The van der Waals surface area contributed by atoms with Gasteiger partial charge in [0.25, 0.3) is 0 Å². The number of hydrogen-bond acceptors (Lipinski definition) is 0. The van der Waals surface area contributed by atoms with Crippen molar-refractivity contribution in [2.45, 2.75) is 41.8 Å². The largest absolute Gasteiger partial charge is 0.123 e. The van der Waals surface area contributed by atoms with E-state index in [0.29, 0.717) is 0 Å². The van der Waals surface area contributed by atoms with Crippen LogP contribution in [0.25, 0.3) is 0 Å². The van der Waals surface area contributed by atoms with Gasteiger partial charge in [-0.2, -0.15) is 0 Å². The van der Waals surface area contributed by atoms with Crippen LogP contribution in [0.15, 0.2) is 0 Å². The van der Waals surface area contributed by atoms with Crippen molar-refractivity contribution in [1.82, 2.24) is 0 Å². The van der Waals surface area contributed by atoms with Gasteiger partial charge in [0.1, 0.15) is 0 Å². The van der Waals surface area contributed by atoms with E-state index < -0.39 is 0 Å². The Morgan fingerprint density at radius 3 is 2.30 bits per heavy atom. The van der Waals surface area contributed by atoms with Gasteiger partial charge < -0.3 is 0 Å². The van der Waals surface area contributed by atoms with Crippen molar-refractivity contribution >= 4 is 34.8 Å². The molecule has 0 amide bonds. The van der Waals surface area contributed by atoms with Gasteiger partial charge in [-0.3, -0.25) is 0 Å². The summed E-state index contributed by atoms with van der Waals surface area (Å²) in [6.07, 6.45) is 4.05. The van der Waals surface area contributed by atoms with Crippen LogP contribution in [0.4, 0.5) is 0 Å². The predicted octanol–water partition coefficient (Wildman–Crippen LogP) is 3.38. The van der Waals surface area contributed by atoms with E-state index in [1.54, 1.807) is 0 Å². The summed E-state index contributed by atoms with van der Waals surface area (Å²) < 4.78 is 0. The van der Waals surface area contributed by atoms with Crippen LogP contribution in [0.2, 0.25) is 0 Å². The quantitative estimate of drug-likeness (QED) is 0.416. The first kappa shape index (κ1) is 8.96. The lowest BCUT2D eigenvalue weighted by molar-refractivity contribution is 0.709. The molecule has 3 atom stereocenters. The summed E-state index contributed by atoms with van der Waals surface area (Å²) >= 11 is 17.8. The first-order valence-electron chi connectivity index (χ1n) is 3.62. The van der Waals surface area contributed by atoms with E-state index >= 15 is 0 Å². The second-order valence-corrected chi connectivity index (χ2v) is 4.53. The topological polar surface area (TPSA) is 0 Å². The fourth-order valence-corrected chi connectivity index (χ4v) is 2.26. The second-order valence-electron chi connectivity index (χ2n) is 2.80. The molecule has 3 heteroatoms. The number of hydrogen-bond donors (Lipinski definition) is 0. The lowest BCUT2D eigenvalue weighted by Crippen LogP contribution is -2.14. The third-order valence-electron chi connectivity index (χ3n) is 1.87. The molecule has 1 fully saturated rings. The Bertz CT molecular complexity index is 105. The molecule has 0 spiro atoms. The predicted molar refractivity (Wildman–Crippen MR) is 47.4 cm³/mol. The summed E-state index contributed by atoms with van der Waals surface area (Å²) in [5.41, 5.74) is 0. The van der Waals surface area contributed by atoms with Crippen LogP contribution in [0.3, 0.4) is 0 Å². The van der Waals surface area contributed by atoms with Crippen LogP contribution in [-0.4, -0.2) is 16.1 Å². The fourth-order valence-electron chi connectivity index (χ4n) is 1.23. The van der Waals surface area contributed by atoms with Crippen LogP contribution in [-0.2, 0) is 0 Å². The number of rotatable bonds is 0. The minimum Gasteiger partial charge on any atom is -0.123 e. The minimum atomic E-state index is 0.0756.